The summed E-state index contributed by atoms with van der Waals surface area (Å²) in [7, 11) is 0. The molecule has 1 unspecified atom stereocenters. The van der Waals surface area contributed by atoms with Crippen LogP contribution in [-0.4, -0.2) is 72.6 Å². The molecule has 2 aromatic rings. The molecule has 6 rings (SSSR count). The lowest BCUT2D eigenvalue weighted by Crippen LogP contribution is -2.46. The predicted molar refractivity (Wildman–Crippen MR) is 126 cm³/mol. The molecule has 1 aromatic carbocycles. The number of amides is 1. The Morgan fingerprint density at radius 3 is 2.76 bits per heavy atom. The van der Waals surface area contributed by atoms with E-state index >= 15 is 0 Å². The minimum Gasteiger partial charge on any atom is -0.389 e. The number of nitrogens with zero attached hydrogens (tertiary/aromatic N) is 2. The maximum Gasteiger partial charge on any atom is 0.229 e. The number of pyridine rings is 1. The van der Waals surface area contributed by atoms with Crippen LogP contribution in [0.15, 0.2) is 24.4 Å². The summed E-state index contributed by atoms with van der Waals surface area (Å²) in [5, 5.41) is 15.9. The lowest BCUT2D eigenvalue weighted by Gasteiger charge is -2.36. The number of piperidine rings is 1. The number of rotatable bonds is 4. The van der Waals surface area contributed by atoms with E-state index in [0.29, 0.717) is 31.6 Å². The Morgan fingerprint density at radius 1 is 1.18 bits per heavy atom. The van der Waals surface area contributed by atoms with Gasteiger partial charge in [-0.2, -0.15) is 0 Å². The van der Waals surface area contributed by atoms with Crippen molar-refractivity contribution < 1.29 is 19.4 Å². The largest absolute Gasteiger partial charge is 0.389 e. The second-order valence-corrected chi connectivity index (χ2v) is 10.6. The van der Waals surface area contributed by atoms with Gasteiger partial charge in [-0.05, 0) is 73.8 Å². The van der Waals surface area contributed by atoms with Crippen LogP contribution >= 0.6 is 11.6 Å². The fraction of sp³-hybridized carbons (Fsp3) is 0.600. The molecule has 0 radical (unpaired) electrons. The molecule has 1 aromatic heterocycles. The van der Waals surface area contributed by atoms with E-state index in [4.69, 9.17) is 21.1 Å². The van der Waals surface area contributed by atoms with Crippen molar-refractivity contribution in [3.63, 3.8) is 0 Å². The maximum atomic E-state index is 12.7. The Morgan fingerprint density at radius 2 is 2.03 bits per heavy atom. The normalized spacial score (nSPS) is 32.6. The molecule has 33 heavy (non-hydrogen) atoms. The number of aromatic nitrogens is 1. The van der Waals surface area contributed by atoms with Gasteiger partial charge in [-0.3, -0.25) is 9.69 Å². The monoisotopic (exact) mass is 471 g/mol. The van der Waals surface area contributed by atoms with Crippen LogP contribution in [0, 0.1) is 11.3 Å². The van der Waals surface area contributed by atoms with E-state index in [9.17, 15) is 9.90 Å². The van der Waals surface area contributed by atoms with Gasteiger partial charge in [0.15, 0.2) is 0 Å². The van der Waals surface area contributed by atoms with Gasteiger partial charge in [0, 0.05) is 34.5 Å². The van der Waals surface area contributed by atoms with Gasteiger partial charge in [-0.1, -0.05) is 11.6 Å². The lowest BCUT2D eigenvalue weighted by atomic mass is 9.87. The van der Waals surface area contributed by atoms with Gasteiger partial charge in [0.2, 0.25) is 5.91 Å². The zero-order chi connectivity index (χ0) is 22.6. The van der Waals surface area contributed by atoms with Crippen molar-refractivity contribution in [2.24, 2.45) is 11.3 Å². The number of hydrogen-bond acceptors (Lipinski definition) is 6. The van der Waals surface area contributed by atoms with Crippen molar-refractivity contribution in [2.75, 3.05) is 44.8 Å². The lowest BCUT2D eigenvalue weighted by molar-refractivity contribution is -0.118. The standard InChI is InChI=1S/C25H30ClN3O4/c26-20-8-17-11-27-23(28-24(31)19-10-25(19)3-6-32-14-25)9-16(17)7-18(20)15-1-4-29(5-2-15)21-12-33-13-22(21)30/h7-9,11,15,19,21-22,30H,1-6,10,12-14H2,(H,27,28,31)/t19-,21-,22+,25?/m1/s1. The van der Waals surface area contributed by atoms with Gasteiger partial charge in [-0.15, -0.1) is 0 Å². The van der Waals surface area contributed by atoms with E-state index in [2.05, 4.69) is 21.3 Å². The van der Waals surface area contributed by atoms with Gasteiger partial charge in [0.25, 0.3) is 0 Å². The molecule has 4 atom stereocenters. The van der Waals surface area contributed by atoms with Crippen molar-refractivity contribution >= 4 is 34.1 Å². The Labute approximate surface area is 198 Å². The van der Waals surface area contributed by atoms with Crippen molar-refractivity contribution in [2.45, 2.75) is 43.7 Å². The summed E-state index contributed by atoms with van der Waals surface area (Å²) in [6, 6.07) is 6.20. The number of fused-ring (bicyclic) bond motifs is 1. The number of ether oxygens (including phenoxy) is 2. The number of benzene rings is 1. The van der Waals surface area contributed by atoms with Crippen LogP contribution in [0.1, 0.15) is 37.2 Å². The molecule has 4 fully saturated rings. The highest BCUT2D eigenvalue weighted by Crippen LogP contribution is 2.58. The quantitative estimate of drug-likeness (QED) is 0.712. The molecule has 3 aliphatic heterocycles. The number of hydrogen-bond donors (Lipinski definition) is 2. The fourth-order valence-electron chi connectivity index (χ4n) is 5.98. The molecule has 4 aliphatic rings. The van der Waals surface area contributed by atoms with Gasteiger partial charge in [-0.25, -0.2) is 4.98 Å². The van der Waals surface area contributed by atoms with E-state index in [1.54, 1.807) is 6.20 Å². The van der Waals surface area contributed by atoms with Crippen LogP contribution in [0.3, 0.4) is 0 Å². The molecule has 1 saturated carbocycles. The first-order valence-electron chi connectivity index (χ1n) is 12.0. The smallest absolute Gasteiger partial charge is 0.229 e. The van der Waals surface area contributed by atoms with E-state index in [1.807, 2.05) is 12.1 Å². The Balaban J connectivity index is 1.16. The van der Waals surface area contributed by atoms with E-state index < -0.39 is 6.10 Å². The van der Waals surface area contributed by atoms with Crippen molar-refractivity contribution in [3.8, 4) is 0 Å². The van der Waals surface area contributed by atoms with Gasteiger partial charge < -0.3 is 19.9 Å². The minimum atomic E-state index is -0.390. The second-order valence-electron chi connectivity index (χ2n) is 10.2. The molecule has 0 bridgehead atoms. The van der Waals surface area contributed by atoms with Crippen LogP contribution < -0.4 is 5.32 Å². The third-order valence-electron chi connectivity index (χ3n) is 8.19. The van der Waals surface area contributed by atoms with Crippen LogP contribution in [0.25, 0.3) is 10.8 Å². The maximum absolute atomic E-state index is 12.7. The summed E-state index contributed by atoms with van der Waals surface area (Å²) in [5.74, 6) is 1.04. The average Bonchev–Trinajstić information content (AvgIpc) is 3.09. The first-order valence-corrected chi connectivity index (χ1v) is 12.4. The van der Waals surface area contributed by atoms with E-state index in [0.717, 1.165) is 66.7 Å². The van der Waals surface area contributed by atoms with Crippen LogP contribution in [0.2, 0.25) is 5.02 Å². The molecule has 3 saturated heterocycles. The highest BCUT2D eigenvalue weighted by molar-refractivity contribution is 6.32. The van der Waals surface area contributed by atoms with Gasteiger partial charge >= 0.3 is 0 Å². The summed E-state index contributed by atoms with van der Waals surface area (Å²) < 4.78 is 10.9. The number of aliphatic hydroxyl groups is 1. The number of carbonyl (C=O) groups is 1. The first kappa shape index (κ1) is 21.7. The second kappa shape index (κ2) is 8.47. The van der Waals surface area contributed by atoms with Crippen LogP contribution in [0.5, 0.6) is 0 Å². The summed E-state index contributed by atoms with van der Waals surface area (Å²) in [4.78, 5) is 19.5. The summed E-state index contributed by atoms with van der Waals surface area (Å²) >= 11 is 6.68. The van der Waals surface area contributed by atoms with E-state index in [-0.39, 0.29) is 23.3 Å². The topological polar surface area (TPSA) is 83.9 Å². The van der Waals surface area contributed by atoms with Crippen molar-refractivity contribution in [1.29, 1.82) is 0 Å². The number of anilines is 1. The van der Waals surface area contributed by atoms with Crippen molar-refractivity contribution in [1.82, 2.24) is 9.88 Å². The molecule has 8 heteroatoms. The zero-order valence-electron chi connectivity index (χ0n) is 18.6. The number of halogens is 1. The highest BCUT2D eigenvalue weighted by Gasteiger charge is 2.59. The Hall–Kier alpha value is -1.77. The van der Waals surface area contributed by atoms with Crippen LogP contribution in [0.4, 0.5) is 5.82 Å². The molecule has 2 N–H and O–H groups in total. The zero-order valence-corrected chi connectivity index (χ0v) is 19.4. The molecule has 1 amide bonds. The Kier molecular flexibility index (Phi) is 5.58. The third-order valence-corrected chi connectivity index (χ3v) is 8.52. The third kappa shape index (κ3) is 4.04. The molecule has 7 nitrogen and oxygen atoms in total. The SMILES string of the molecule is O=C(Nc1cc2cc(C3CCN([C@@H]4COC[C@@H]4O)CC3)c(Cl)cc2cn1)[C@H]1CC12CCOC2. The highest BCUT2D eigenvalue weighted by atomic mass is 35.5. The Bertz CT molecular complexity index is 1070. The average molecular weight is 472 g/mol. The molecule has 1 spiro atoms. The molecule has 4 heterocycles. The summed E-state index contributed by atoms with van der Waals surface area (Å²) in [6.45, 7) is 4.35. The fourth-order valence-corrected chi connectivity index (χ4v) is 6.30. The number of carbonyl (C=O) groups excluding carboxylic acids is 1. The first-order chi connectivity index (χ1) is 16.0. The molecule has 1 aliphatic carbocycles. The summed E-state index contributed by atoms with van der Waals surface area (Å²) in [6.07, 6.45) is 5.27. The minimum absolute atomic E-state index is 0.0345. The van der Waals surface area contributed by atoms with Crippen LogP contribution in [-0.2, 0) is 14.3 Å². The number of nitrogens with one attached hydrogen (secondary N) is 1. The predicted octanol–water partition coefficient (Wildman–Crippen LogP) is 3.19. The molecular weight excluding hydrogens is 442 g/mol. The van der Waals surface area contributed by atoms with E-state index in [1.165, 1.54) is 0 Å². The number of likely N-dealkylation sites (tertiary alicyclic amines) is 1. The number of aliphatic hydroxyl groups excluding tert-OH is 1. The van der Waals surface area contributed by atoms with Gasteiger partial charge in [0.1, 0.15) is 5.82 Å². The molecule has 176 valence electrons. The van der Waals surface area contributed by atoms with Crippen molar-refractivity contribution in [3.05, 3.63) is 35.0 Å². The van der Waals surface area contributed by atoms with Gasteiger partial charge in [0.05, 0.1) is 32.0 Å². The summed E-state index contributed by atoms with van der Waals surface area (Å²) in [5.41, 5.74) is 1.22. The molecular formula is C25H30ClN3O4.